The zero-order valence-electron chi connectivity index (χ0n) is 16.1. The van der Waals surface area contributed by atoms with E-state index in [1.165, 1.54) is 13.2 Å². The van der Waals surface area contributed by atoms with Gasteiger partial charge in [-0.25, -0.2) is 17.9 Å². The number of carbonyl (C=O) groups excluding carboxylic acids is 1. The highest BCUT2D eigenvalue weighted by Gasteiger charge is 2.28. The van der Waals surface area contributed by atoms with Crippen molar-refractivity contribution in [3.8, 4) is 6.01 Å². The number of aryl methyl sites for hydroxylation is 1. The summed E-state index contributed by atoms with van der Waals surface area (Å²) in [5, 5.41) is 2.29. The van der Waals surface area contributed by atoms with E-state index in [1.807, 2.05) is 10.8 Å². The van der Waals surface area contributed by atoms with E-state index in [4.69, 9.17) is 17.0 Å². The Labute approximate surface area is 174 Å². The average molecular weight is 436 g/mol. The molecule has 2 aliphatic rings. The first kappa shape index (κ1) is 21.1. The molecule has 1 aromatic heterocycles. The van der Waals surface area contributed by atoms with E-state index in [-0.39, 0.29) is 16.9 Å². The van der Waals surface area contributed by atoms with Crippen LogP contribution in [0.15, 0.2) is 34.3 Å². The molecule has 9 nitrogen and oxygen atoms in total. The zero-order chi connectivity index (χ0) is 21.0. The maximum atomic E-state index is 12.9. The summed E-state index contributed by atoms with van der Waals surface area (Å²) in [5.41, 5.74) is 1.45. The number of carbonyl (C=O) groups is 1. The molecular formula is C18H21N5O4S2. The van der Waals surface area contributed by atoms with Crippen molar-refractivity contribution < 1.29 is 17.9 Å². The number of hydrogen-bond donors (Lipinski definition) is 2. The first-order chi connectivity index (χ1) is 13.8. The van der Waals surface area contributed by atoms with Crippen LogP contribution in [0.2, 0.25) is 0 Å². The number of hydrogen-bond acceptors (Lipinski definition) is 8. The Balaban J connectivity index is 1.86. The molecule has 11 heteroatoms. The Kier molecular flexibility index (Phi) is 6.38. The molecule has 0 fully saturated rings. The first-order valence-corrected chi connectivity index (χ1v) is 10.9. The van der Waals surface area contributed by atoms with E-state index in [1.54, 1.807) is 13.0 Å². The Morgan fingerprint density at radius 3 is 2.72 bits per heavy atom. The molecule has 1 heterocycles. The van der Waals surface area contributed by atoms with Gasteiger partial charge in [0.05, 0.1) is 12.0 Å². The summed E-state index contributed by atoms with van der Waals surface area (Å²) in [7, 11) is -2.79. The second-order valence-corrected chi connectivity index (χ2v) is 8.64. The fourth-order valence-electron chi connectivity index (χ4n) is 3.13. The number of rotatable bonds is 5. The number of aromatic nitrogens is 3. The van der Waals surface area contributed by atoms with Gasteiger partial charge >= 0.3 is 12.0 Å². The van der Waals surface area contributed by atoms with E-state index >= 15 is 0 Å². The summed E-state index contributed by atoms with van der Waals surface area (Å²) in [6.07, 6.45) is 9.39. The predicted octanol–water partition coefficient (Wildman–Crippen LogP) is 2.72. The average Bonchev–Trinajstić information content (AvgIpc) is 2.67. The van der Waals surface area contributed by atoms with E-state index < -0.39 is 16.1 Å². The molecule has 2 N–H and O–H groups in total. The van der Waals surface area contributed by atoms with Gasteiger partial charge in [0.1, 0.15) is 5.82 Å². The van der Waals surface area contributed by atoms with Crippen molar-refractivity contribution in [2.45, 2.75) is 39.0 Å². The van der Waals surface area contributed by atoms with Crippen molar-refractivity contribution in [3.63, 3.8) is 0 Å². The third-order valence-corrected chi connectivity index (χ3v) is 6.11. The Bertz CT molecular complexity index is 1040. The van der Waals surface area contributed by atoms with Crippen molar-refractivity contribution in [3.05, 3.63) is 40.1 Å². The number of allylic oxidation sites excluding steroid dienone is 5. The van der Waals surface area contributed by atoms with Crippen LogP contribution in [0.25, 0.3) is 0 Å². The third-order valence-electron chi connectivity index (χ3n) is 4.36. The van der Waals surface area contributed by atoms with Crippen LogP contribution in [-0.2, 0) is 10.0 Å². The van der Waals surface area contributed by atoms with E-state index in [0.29, 0.717) is 22.7 Å². The van der Waals surface area contributed by atoms with Crippen LogP contribution in [0, 0.1) is 6.92 Å². The smallest absolute Gasteiger partial charge is 0.335 e. The van der Waals surface area contributed by atoms with Gasteiger partial charge < -0.3 is 4.74 Å². The molecule has 0 spiro atoms. The molecule has 3 rings (SSSR count). The van der Waals surface area contributed by atoms with Crippen LogP contribution in [0.1, 0.15) is 37.9 Å². The molecular weight excluding hydrogens is 414 g/mol. The minimum Gasteiger partial charge on any atom is -0.467 e. The van der Waals surface area contributed by atoms with E-state index in [2.05, 4.69) is 20.3 Å². The minimum atomic E-state index is -4.16. The van der Waals surface area contributed by atoms with Gasteiger partial charge in [0.15, 0.2) is 0 Å². The lowest BCUT2D eigenvalue weighted by molar-refractivity contribution is 0.256. The largest absolute Gasteiger partial charge is 0.467 e. The Morgan fingerprint density at radius 1 is 1.24 bits per heavy atom. The van der Waals surface area contributed by atoms with Crippen LogP contribution in [0.4, 0.5) is 10.7 Å². The van der Waals surface area contributed by atoms with Gasteiger partial charge in [0, 0.05) is 16.9 Å². The lowest BCUT2D eigenvalue weighted by Gasteiger charge is -2.22. The molecule has 0 atom stereocenters. The highest BCUT2D eigenvalue weighted by Crippen LogP contribution is 2.32. The van der Waals surface area contributed by atoms with Gasteiger partial charge in [-0.05, 0) is 44.3 Å². The van der Waals surface area contributed by atoms with Crippen LogP contribution >= 0.6 is 12.2 Å². The van der Waals surface area contributed by atoms with Gasteiger partial charge in [-0.3, -0.25) is 5.32 Å². The van der Waals surface area contributed by atoms with Gasteiger partial charge in [-0.2, -0.15) is 15.0 Å². The number of sulfonamides is 1. The van der Waals surface area contributed by atoms with Crippen LogP contribution in [-0.4, -0.2) is 41.4 Å². The summed E-state index contributed by atoms with van der Waals surface area (Å²) >= 11 is 5.43. The summed E-state index contributed by atoms with van der Waals surface area (Å²) < 4.78 is 32.8. The monoisotopic (exact) mass is 435 g/mol. The molecule has 2 aliphatic carbocycles. The number of nitrogens with zero attached hydrogens (tertiary/aromatic N) is 3. The molecule has 154 valence electrons. The van der Waals surface area contributed by atoms with Crippen molar-refractivity contribution in [2.75, 3.05) is 12.4 Å². The second kappa shape index (κ2) is 8.78. The first-order valence-electron chi connectivity index (χ1n) is 9.04. The number of thiocarbonyl (C=S) groups is 1. The highest BCUT2D eigenvalue weighted by atomic mass is 32.2. The van der Waals surface area contributed by atoms with Crippen LogP contribution < -0.4 is 14.8 Å². The maximum Gasteiger partial charge on any atom is 0.335 e. The fraction of sp³-hybridized carbons (Fsp3) is 0.389. The number of methoxy groups -OCH3 is 1. The summed E-state index contributed by atoms with van der Waals surface area (Å²) in [6, 6.07) is -0.988. The molecule has 0 unspecified atom stereocenters. The van der Waals surface area contributed by atoms with Crippen LogP contribution in [0.3, 0.4) is 0 Å². The predicted molar refractivity (Wildman–Crippen MR) is 112 cm³/mol. The molecule has 1 aromatic rings. The Morgan fingerprint density at radius 2 is 2.03 bits per heavy atom. The molecule has 0 aliphatic heterocycles. The Hall–Kier alpha value is -2.66. The number of urea groups is 1. The second-order valence-electron chi connectivity index (χ2n) is 6.50. The van der Waals surface area contributed by atoms with Crippen LogP contribution in [0.5, 0.6) is 6.01 Å². The summed E-state index contributed by atoms with van der Waals surface area (Å²) in [4.78, 5) is 24.6. The molecule has 0 aromatic carbocycles. The van der Waals surface area contributed by atoms with Crippen molar-refractivity contribution in [1.29, 1.82) is 0 Å². The maximum absolute atomic E-state index is 12.9. The minimum absolute atomic E-state index is 0.00135. The molecule has 29 heavy (non-hydrogen) atoms. The number of anilines is 1. The SMILES string of the molecule is COc1nc(C)nc(NC(=O)NS(=O)(=O)C2=C(C3=CCCCC3)C(=S)CC=C2)n1. The van der Waals surface area contributed by atoms with Crippen molar-refractivity contribution >= 4 is 39.1 Å². The summed E-state index contributed by atoms with van der Waals surface area (Å²) in [6.45, 7) is 1.59. The normalized spacial score (nSPS) is 17.0. The van der Waals surface area contributed by atoms with E-state index in [9.17, 15) is 13.2 Å². The lowest BCUT2D eigenvalue weighted by Crippen LogP contribution is -2.36. The molecule has 2 amide bonds. The number of nitrogens with one attached hydrogen (secondary N) is 2. The number of ether oxygens (including phenoxy) is 1. The highest BCUT2D eigenvalue weighted by molar-refractivity contribution is 7.94. The number of amides is 2. The molecule has 0 saturated carbocycles. The zero-order valence-corrected chi connectivity index (χ0v) is 17.7. The van der Waals surface area contributed by atoms with E-state index in [0.717, 1.165) is 31.3 Å². The molecule has 0 saturated heterocycles. The van der Waals surface area contributed by atoms with Crippen molar-refractivity contribution in [2.24, 2.45) is 0 Å². The standard InChI is InChI=1S/C18H21N5O4S2/c1-11-19-16(22-18(20-11)27-2)21-17(24)23-29(25,26)14-10-6-9-13(28)15(14)12-7-4-3-5-8-12/h6-7,10H,3-5,8-9H2,1-2H3,(H2,19,20,21,22,23,24). The van der Waals surface area contributed by atoms with Gasteiger partial charge in [-0.1, -0.05) is 24.4 Å². The van der Waals surface area contributed by atoms with Gasteiger partial charge in [0.2, 0.25) is 5.95 Å². The summed E-state index contributed by atoms with van der Waals surface area (Å²) in [5.74, 6) is 0.186. The van der Waals surface area contributed by atoms with Gasteiger partial charge in [0.25, 0.3) is 10.0 Å². The molecule has 0 radical (unpaired) electrons. The fourth-order valence-corrected chi connectivity index (χ4v) is 4.74. The quantitative estimate of drug-likeness (QED) is 0.677. The lowest BCUT2D eigenvalue weighted by atomic mass is 9.89. The van der Waals surface area contributed by atoms with Gasteiger partial charge in [-0.15, -0.1) is 0 Å². The van der Waals surface area contributed by atoms with Crippen molar-refractivity contribution in [1.82, 2.24) is 19.7 Å². The topological polar surface area (TPSA) is 123 Å². The third kappa shape index (κ3) is 5.04. The molecule has 0 bridgehead atoms.